The molecule has 0 aliphatic carbocycles. The van der Waals surface area contributed by atoms with Crippen LogP contribution < -0.4 is 0 Å². The lowest BCUT2D eigenvalue weighted by Crippen LogP contribution is -1.94. The van der Waals surface area contributed by atoms with Gasteiger partial charge in [0.2, 0.25) is 0 Å². The Labute approximate surface area is 80.1 Å². The first-order valence-electron chi connectivity index (χ1n) is 4.07. The predicted octanol–water partition coefficient (Wildman–Crippen LogP) is 2.00. The van der Waals surface area contributed by atoms with Crippen molar-refractivity contribution < 1.29 is 0 Å². The van der Waals surface area contributed by atoms with Crippen LogP contribution in [-0.2, 0) is 19.4 Å². The molecular formula is C8H11IN2. The molecule has 0 radical (unpaired) electrons. The molecule has 1 aromatic heterocycles. The van der Waals surface area contributed by atoms with E-state index in [1.54, 1.807) is 0 Å². The SMILES string of the molecule is CCc1nn2c(c1I)CCC2. The second kappa shape index (κ2) is 2.77. The van der Waals surface area contributed by atoms with Crippen molar-refractivity contribution in [1.29, 1.82) is 0 Å². The zero-order valence-corrected chi connectivity index (χ0v) is 8.76. The number of nitrogens with zero attached hydrogens (tertiary/aromatic N) is 2. The van der Waals surface area contributed by atoms with Crippen molar-refractivity contribution in [3.8, 4) is 0 Å². The van der Waals surface area contributed by atoms with Crippen molar-refractivity contribution in [2.45, 2.75) is 32.7 Å². The first-order valence-corrected chi connectivity index (χ1v) is 5.15. The average Bonchev–Trinajstić information content (AvgIpc) is 2.53. The molecule has 0 spiro atoms. The van der Waals surface area contributed by atoms with Crippen LogP contribution in [0.4, 0.5) is 0 Å². The van der Waals surface area contributed by atoms with Crippen molar-refractivity contribution in [2.75, 3.05) is 0 Å². The Bertz CT molecular complexity index is 277. The van der Waals surface area contributed by atoms with E-state index in [0.29, 0.717) is 0 Å². The summed E-state index contributed by atoms with van der Waals surface area (Å²) < 4.78 is 3.57. The fourth-order valence-corrected chi connectivity index (χ4v) is 2.61. The molecule has 1 aliphatic rings. The zero-order chi connectivity index (χ0) is 7.84. The molecule has 0 amide bonds. The molecule has 3 heteroatoms. The molecule has 2 heterocycles. The van der Waals surface area contributed by atoms with E-state index in [-0.39, 0.29) is 0 Å². The van der Waals surface area contributed by atoms with Crippen LogP contribution in [0, 0.1) is 3.57 Å². The maximum absolute atomic E-state index is 4.52. The number of hydrogen-bond acceptors (Lipinski definition) is 1. The second-order valence-corrected chi connectivity index (χ2v) is 3.97. The number of halogens is 1. The van der Waals surface area contributed by atoms with E-state index in [9.17, 15) is 0 Å². The number of fused-ring (bicyclic) bond motifs is 1. The van der Waals surface area contributed by atoms with E-state index in [0.717, 1.165) is 13.0 Å². The Morgan fingerprint density at radius 1 is 1.64 bits per heavy atom. The number of rotatable bonds is 1. The molecule has 2 nitrogen and oxygen atoms in total. The smallest absolute Gasteiger partial charge is 0.0758 e. The zero-order valence-electron chi connectivity index (χ0n) is 6.60. The molecule has 1 aromatic rings. The molecule has 11 heavy (non-hydrogen) atoms. The molecule has 60 valence electrons. The average molecular weight is 262 g/mol. The Balaban J connectivity index is 2.49. The van der Waals surface area contributed by atoms with Gasteiger partial charge in [0.15, 0.2) is 0 Å². The van der Waals surface area contributed by atoms with Crippen LogP contribution in [0.3, 0.4) is 0 Å². The Kier molecular flexibility index (Phi) is 1.91. The van der Waals surface area contributed by atoms with E-state index >= 15 is 0 Å². The van der Waals surface area contributed by atoms with E-state index in [1.165, 1.54) is 27.8 Å². The van der Waals surface area contributed by atoms with Crippen molar-refractivity contribution >= 4 is 22.6 Å². The molecule has 0 bridgehead atoms. The van der Waals surface area contributed by atoms with Gasteiger partial charge in [-0.2, -0.15) is 5.10 Å². The second-order valence-electron chi connectivity index (χ2n) is 2.89. The largest absolute Gasteiger partial charge is 0.268 e. The summed E-state index contributed by atoms with van der Waals surface area (Å²) in [5.41, 5.74) is 2.74. The van der Waals surface area contributed by atoms with Crippen LogP contribution in [0.2, 0.25) is 0 Å². The van der Waals surface area contributed by atoms with E-state index in [2.05, 4.69) is 39.3 Å². The first kappa shape index (κ1) is 7.58. The number of aromatic nitrogens is 2. The van der Waals surface area contributed by atoms with Gasteiger partial charge in [-0.3, -0.25) is 4.68 Å². The Hall–Kier alpha value is -0.0600. The standard InChI is InChI=1S/C8H11IN2/c1-2-6-8(9)7-4-3-5-11(7)10-6/h2-5H2,1H3. The summed E-state index contributed by atoms with van der Waals surface area (Å²) in [5, 5.41) is 4.52. The third kappa shape index (κ3) is 1.09. The summed E-state index contributed by atoms with van der Waals surface area (Å²) in [6.07, 6.45) is 3.58. The molecule has 0 N–H and O–H groups in total. The van der Waals surface area contributed by atoms with Gasteiger partial charge in [0.05, 0.1) is 15.0 Å². The molecule has 0 saturated heterocycles. The summed E-state index contributed by atoms with van der Waals surface area (Å²) in [6, 6.07) is 0. The topological polar surface area (TPSA) is 17.8 Å². The van der Waals surface area contributed by atoms with Gasteiger partial charge in [-0.05, 0) is 41.9 Å². The highest BCUT2D eigenvalue weighted by Gasteiger charge is 2.18. The molecule has 0 fully saturated rings. The molecule has 0 aromatic carbocycles. The first-order chi connectivity index (χ1) is 5.33. The molecule has 0 unspecified atom stereocenters. The van der Waals surface area contributed by atoms with Gasteiger partial charge in [0, 0.05) is 6.54 Å². The minimum Gasteiger partial charge on any atom is -0.268 e. The highest BCUT2D eigenvalue weighted by Crippen LogP contribution is 2.23. The molecule has 0 saturated carbocycles. The van der Waals surface area contributed by atoms with Crippen LogP contribution in [-0.4, -0.2) is 9.78 Å². The van der Waals surface area contributed by atoms with E-state index in [4.69, 9.17) is 0 Å². The summed E-state index contributed by atoms with van der Waals surface area (Å²) in [4.78, 5) is 0. The lowest BCUT2D eigenvalue weighted by molar-refractivity contribution is 0.645. The Morgan fingerprint density at radius 3 is 3.09 bits per heavy atom. The fraction of sp³-hybridized carbons (Fsp3) is 0.625. The van der Waals surface area contributed by atoms with Crippen molar-refractivity contribution in [2.24, 2.45) is 0 Å². The minimum atomic E-state index is 1.07. The van der Waals surface area contributed by atoms with Gasteiger partial charge in [-0.25, -0.2) is 0 Å². The lowest BCUT2D eigenvalue weighted by Gasteiger charge is -1.90. The fourth-order valence-electron chi connectivity index (χ4n) is 1.58. The number of hydrogen-bond donors (Lipinski definition) is 0. The van der Waals surface area contributed by atoms with Crippen LogP contribution in [0.15, 0.2) is 0 Å². The quantitative estimate of drug-likeness (QED) is 0.708. The van der Waals surface area contributed by atoms with E-state index in [1.807, 2.05) is 0 Å². The minimum absolute atomic E-state index is 1.07. The third-order valence-corrected chi connectivity index (χ3v) is 3.42. The van der Waals surface area contributed by atoms with E-state index < -0.39 is 0 Å². The van der Waals surface area contributed by atoms with Crippen molar-refractivity contribution in [3.05, 3.63) is 15.0 Å². The van der Waals surface area contributed by atoms with Crippen molar-refractivity contribution in [1.82, 2.24) is 9.78 Å². The Morgan fingerprint density at radius 2 is 2.45 bits per heavy atom. The summed E-state index contributed by atoms with van der Waals surface area (Å²) in [7, 11) is 0. The summed E-state index contributed by atoms with van der Waals surface area (Å²) in [6.45, 7) is 3.30. The highest BCUT2D eigenvalue weighted by atomic mass is 127. The van der Waals surface area contributed by atoms with Gasteiger partial charge in [-0.15, -0.1) is 0 Å². The van der Waals surface area contributed by atoms with Gasteiger partial charge in [0.25, 0.3) is 0 Å². The summed E-state index contributed by atoms with van der Waals surface area (Å²) in [5.74, 6) is 0. The summed E-state index contributed by atoms with van der Waals surface area (Å²) >= 11 is 2.42. The maximum Gasteiger partial charge on any atom is 0.0758 e. The lowest BCUT2D eigenvalue weighted by atomic mass is 10.2. The van der Waals surface area contributed by atoms with Gasteiger partial charge in [0.1, 0.15) is 0 Å². The highest BCUT2D eigenvalue weighted by molar-refractivity contribution is 14.1. The van der Waals surface area contributed by atoms with Gasteiger partial charge < -0.3 is 0 Å². The third-order valence-electron chi connectivity index (χ3n) is 2.18. The molecule has 2 rings (SSSR count). The monoisotopic (exact) mass is 262 g/mol. The normalized spacial score (nSPS) is 15.5. The van der Waals surface area contributed by atoms with Crippen LogP contribution in [0.25, 0.3) is 0 Å². The molecular weight excluding hydrogens is 251 g/mol. The molecule has 0 atom stereocenters. The van der Waals surface area contributed by atoms with Crippen LogP contribution >= 0.6 is 22.6 Å². The maximum atomic E-state index is 4.52. The molecule has 1 aliphatic heterocycles. The number of aryl methyl sites for hydroxylation is 2. The van der Waals surface area contributed by atoms with Gasteiger partial charge in [-0.1, -0.05) is 6.92 Å². The van der Waals surface area contributed by atoms with Crippen LogP contribution in [0.1, 0.15) is 24.7 Å². The predicted molar refractivity (Wildman–Crippen MR) is 52.6 cm³/mol. The van der Waals surface area contributed by atoms with Crippen LogP contribution in [0.5, 0.6) is 0 Å². The van der Waals surface area contributed by atoms with Crippen molar-refractivity contribution in [3.63, 3.8) is 0 Å². The van der Waals surface area contributed by atoms with Gasteiger partial charge >= 0.3 is 0 Å².